The van der Waals surface area contributed by atoms with E-state index < -0.39 is 97.5 Å². The fourth-order valence-electron chi connectivity index (χ4n) is 12.1. The number of hydrogen-bond acceptors (Lipinski definition) is 15. The van der Waals surface area contributed by atoms with Gasteiger partial charge in [0.25, 0.3) is 0 Å². The molecule has 17 nitrogen and oxygen atoms in total. The van der Waals surface area contributed by atoms with Gasteiger partial charge in [-0.05, 0) is 43.4 Å². The number of esters is 4. The highest BCUT2D eigenvalue weighted by atomic mass is 31.2. The second-order valence-corrected chi connectivity index (χ2v) is 32.6. The van der Waals surface area contributed by atoms with E-state index in [0.717, 1.165) is 108 Å². The van der Waals surface area contributed by atoms with E-state index in [9.17, 15) is 43.2 Å². The van der Waals surface area contributed by atoms with E-state index in [-0.39, 0.29) is 25.7 Å². The number of ether oxygens (including phenoxy) is 4. The first-order valence-corrected chi connectivity index (χ1v) is 43.9. The van der Waals surface area contributed by atoms with Crippen LogP contribution in [0.5, 0.6) is 0 Å². The fraction of sp³-hybridized carbons (Fsp3) is 0.949. The van der Waals surface area contributed by atoms with Crippen LogP contribution in [0.15, 0.2) is 0 Å². The molecule has 0 aliphatic carbocycles. The Labute approximate surface area is 600 Å². The summed E-state index contributed by atoms with van der Waals surface area (Å²) < 4.78 is 68.6. The van der Waals surface area contributed by atoms with Crippen molar-refractivity contribution in [1.29, 1.82) is 0 Å². The van der Waals surface area contributed by atoms with Crippen LogP contribution in [0.25, 0.3) is 0 Å². The van der Waals surface area contributed by atoms with Gasteiger partial charge in [0.2, 0.25) is 0 Å². The molecule has 0 saturated carbocycles. The molecule has 0 fully saturated rings. The monoisotopic (exact) mass is 1440 g/mol. The standard InChI is InChI=1S/C79H154O17P2/c1-8-10-11-12-13-14-32-39-46-53-60-76(81)89-66-75(96-79(84)63-56-49-42-35-28-30-37-44-51-58-71(5)6)69-94-98(87,88)92-65-73(80)64-91-97(85,86)93-68-74(95-78(83)62-55-48-41-34-27-23-17-15-16-20-24-29-36-43-50-57-70(3)4)67-90-77(82)61-54-47-40-33-26-22-19-18-21-25-31-38-45-52-59-72(7)9-2/h70-75,80H,8-69H2,1-7H3,(H,85,86)(H,87,88)/t72?,73-,74-,75-/m1/s1. The van der Waals surface area contributed by atoms with Gasteiger partial charge in [0.1, 0.15) is 19.3 Å². The van der Waals surface area contributed by atoms with Crippen molar-refractivity contribution in [1.82, 2.24) is 0 Å². The van der Waals surface area contributed by atoms with Gasteiger partial charge in [0.05, 0.1) is 26.4 Å². The number of hydrogen-bond donors (Lipinski definition) is 3. The molecule has 0 rings (SSSR count). The van der Waals surface area contributed by atoms with Crippen molar-refractivity contribution < 1.29 is 80.2 Å². The SMILES string of the molecule is CCCCCCCCCCCCC(=O)OC[C@H](COP(=O)(O)OC[C@H](O)COP(=O)(O)OC[C@@H](COC(=O)CCCCCCCCCCCCCCCCC(C)CC)OC(=O)CCCCCCCCCCCCCCCCCC(C)C)OC(=O)CCCCCCCCCCCC(C)C. The second-order valence-electron chi connectivity index (χ2n) is 29.6. The second kappa shape index (κ2) is 69.4. The summed E-state index contributed by atoms with van der Waals surface area (Å²) in [5.41, 5.74) is 0. The molecule has 19 heteroatoms. The molecule has 582 valence electrons. The van der Waals surface area contributed by atoms with Crippen molar-refractivity contribution in [3.63, 3.8) is 0 Å². The summed E-state index contributed by atoms with van der Waals surface area (Å²) in [6.07, 6.45) is 56.8. The van der Waals surface area contributed by atoms with E-state index in [0.29, 0.717) is 25.7 Å². The Morgan fingerprint density at radius 2 is 0.520 bits per heavy atom. The number of carbonyl (C=O) groups excluding carboxylic acids is 4. The molecular weight excluding hydrogens is 1280 g/mol. The fourth-order valence-corrected chi connectivity index (χ4v) is 13.7. The van der Waals surface area contributed by atoms with Gasteiger partial charge in [-0.3, -0.25) is 37.3 Å². The zero-order valence-electron chi connectivity index (χ0n) is 64.3. The van der Waals surface area contributed by atoms with Crippen LogP contribution in [-0.2, 0) is 65.4 Å². The van der Waals surface area contributed by atoms with Crippen LogP contribution in [0, 0.1) is 17.8 Å². The minimum absolute atomic E-state index is 0.105. The molecule has 0 heterocycles. The normalized spacial score (nSPS) is 14.3. The van der Waals surface area contributed by atoms with Crippen LogP contribution in [0.4, 0.5) is 0 Å². The number of phosphoric ester groups is 2. The van der Waals surface area contributed by atoms with Gasteiger partial charge in [-0.15, -0.1) is 0 Å². The lowest BCUT2D eigenvalue weighted by Gasteiger charge is -2.21. The van der Waals surface area contributed by atoms with Gasteiger partial charge < -0.3 is 33.8 Å². The molecule has 0 aliphatic rings. The smallest absolute Gasteiger partial charge is 0.462 e. The third-order valence-corrected chi connectivity index (χ3v) is 20.6. The molecule has 3 unspecified atom stereocenters. The van der Waals surface area contributed by atoms with Crippen LogP contribution in [0.1, 0.15) is 408 Å². The van der Waals surface area contributed by atoms with Gasteiger partial charge in [0.15, 0.2) is 12.2 Å². The van der Waals surface area contributed by atoms with Crippen LogP contribution in [0.2, 0.25) is 0 Å². The van der Waals surface area contributed by atoms with Crippen LogP contribution >= 0.6 is 15.6 Å². The number of carbonyl (C=O) groups is 4. The molecule has 0 spiro atoms. The Balaban J connectivity index is 5.24. The number of aliphatic hydroxyl groups is 1. The van der Waals surface area contributed by atoms with E-state index in [1.807, 2.05) is 0 Å². The molecule has 98 heavy (non-hydrogen) atoms. The van der Waals surface area contributed by atoms with Crippen molar-refractivity contribution in [2.75, 3.05) is 39.6 Å². The molecule has 0 aliphatic heterocycles. The first-order valence-electron chi connectivity index (χ1n) is 40.9. The third-order valence-electron chi connectivity index (χ3n) is 18.7. The molecule has 3 N–H and O–H groups in total. The predicted molar refractivity (Wildman–Crippen MR) is 400 cm³/mol. The Bertz CT molecular complexity index is 1910. The summed E-state index contributed by atoms with van der Waals surface area (Å²) in [6, 6.07) is 0. The van der Waals surface area contributed by atoms with Crippen molar-refractivity contribution in [3.8, 4) is 0 Å². The van der Waals surface area contributed by atoms with Crippen molar-refractivity contribution in [2.45, 2.75) is 426 Å². The van der Waals surface area contributed by atoms with Crippen molar-refractivity contribution >= 4 is 39.5 Å². The van der Waals surface area contributed by atoms with E-state index in [4.69, 9.17) is 37.0 Å². The van der Waals surface area contributed by atoms with E-state index in [1.54, 1.807) is 0 Å². The van der Waals surface area contributed by atoms with Crippen LogP contribution < -0.4 is 0 Å². The average Bonchev–Trinajstić information content (AvgIpc) is 1.02. The van der Waals surface area contributed by atoms with Gasteiger partial charge in [-0.2, -0.15) is 0 Å². The van der Waals surface area contributed by atoms with E-state index >= 15 is 0 Å². The summed E-state index contributed by atoms with van der Waals surface area (Å²) in [5, 5.41) is 10.6. The molecular formula is C79H154O17P2. The Kier molecular flexibility index (Phi) is 68.1. The molecule has 0 radical (unpaired) electrons. The molecule has 0 amide bonds. The summed E-state index contributed by atoms with van der Waals surface area (Å²) in [7, 11) is -9.92. The van der Waals surface area contributed by atoms with Crippen LogP contribution in [0.3, 0.4) is 0 Å². The molecule has 0 aromatic heterocycles. The maximum absolute atomic E-state index is 13.1. The van der Waals surface area contributed by atoms with Gasteiger partial charge in [-0.1, -0.05) is 357 Å². The van der Waals surface area contributed by atoms with Gasteiger partial charge in [0, 0.05) is 25.7 Å². The van der Waals surface area contributed by atoms with Gasteiger partial charge >= 0.3 is 39.5 Å². The number of rotatable bonds is 77. The zero-order chi connectivity index (χ0) is 72.3. The lowest BCUT2D eigenvalue weighted by Crippen LogP contribution is -2.30. The molecule has 0 aromatic carbocycles. The number of aliphatic hydroxyl groups excluding tert-OH is 1. The molecule has 0 saturated heterocycles. The maximum Gasteiger partial charge on any atom is 0.472 e. The lowest BCUT2D eigenvalue weighted by molar-refractivity contribution is -0.161. The quantitative estimate of drug-likeness (QED) is 0.0222. The van der Waals surface area contributed by atoms with E-state index in [2.05, 4.69) is 48.5 Å². The summed E-state index contributed by atoms with van der Waals surface area (Å²) >= 11 is 0. The molecule has 0 aromatic rings. The Hall–Kier alpha value is -1.94. The topological polar surface area (TPSA) is 237 Å². The molecule has 6 atom stereocenters. The highest BCUT2D eigenvalue weighted by molar-refractivity contribution is 7.47. The predicted octanol–water partition coefficient (Wildman–Crippen LogP) is 23.4. The largest absolute Gasteiger partial charge is 0.472 e. The van der Waals surface area contributed by atoms with Gasteiger partial charge in [-0.25, -0.2) is 9.13 Å². The summed E-state index contributed by atoms with van der Waals surface area (Å²) in [6.45, 7) is 12.0. The average molecular weight is 1440 g/mol. The Morgan fingerprint density at radius 1 is 0.296 bits per heavy atom. The highest BCUT2D eigenvalue weighted by Crippen LogP contribution is 2.45. The summed E-state index contributed by atoms with van der Waals surface area (Å²) in [5.74, 6) is 0.275. The zero-order valence-corrected chi connectivity index (χ0v) is 66.0. The minimum atomic E-state index is -4.96. The van der Waals surface area contributed by atoms with Crippen molar-refractivity contribution in [2.24, 2.45) is 17.8 Å². The Morgan fingerprint density at radius 3 is 0.776 bits per heavy atom. The third kappa shape index (κ3) is 71.1. The van der Waals surface area contributed by atoms with Crippen LogP contribution in [-0.4, -0.2) is 96.7 Å². The number of phosphoric acid groups is 2. The number of unbranched alkanes of at least 4 members (excludes halogenated alkanes) is 44. The first-order chi connectivity index (χ1) is 47.3. The maximum atomic E-state index is 13.1. The minimum Gasteiger partial charge on any atom is -0.462 e. The van der Waals surface area contributed by atoms with Crippen molar-refractivity contribution in [3.05, 3.63) is 0 Å². The first kappa shape index (κ1) is 96.1. The highest BCUT2D eigenvalue weighted by Gasteiger charge is 2.30. The lowest BCUT2D eigenvalue weighted by atomic mass is 9.99. The molecule has 0 bridgehead atoms. The van der Waals surface area contributed by atoms with E-state index in [1.165, 1.54) is 218 Å². The summed E-state index contributed by atoms with van der Waals surface area (Å²) in [4.78, 5) is 72.9.